The van der Waals surface area contributed by atoms with E-state index in [9.17, 15) is 9.59 Å². The molecular weight excluding hydrogens is 254 g/mol. The van der Waals surface area contributed by atoms with Crippen LogP contribution in [0.5, 0.6) is 0 Å². The molecule has 0 spiro atoms. The van der Waals surface area contributed by atoms with Crippen molar-refractivity contribution in [3.05, 3.63) is 24.3 Å². The smallest absolute Gasteiger partial charge is 0.325 e. The van der Waals surface area contributed by atoms with Crippen LogP contribution in [0.4, 0.5) is 16.2 Å². The summed E-state index contributed by atoms with van der Waals surface area (Å²) < 4.78 is 0. The van der Waals surface area contributed by atoms with Gasteiger partial charge in [-0.2, -0.15) is 0 Å². The zero-order valence-corrected chi connectivity index (χ0v) is 11.3. The predicted octanol–water partition coefficient (Wildman–Crippen LogP) is 2.03. The molecule has 2 N–H and O–H groups in total. The topological polar surface area (TPSA) is 61.4 Å². The molecule has 1 rings (SSSR count). The Balaban J connectivity index is 2.57. The average molecular weight is 270 g/mol. The van der Waals surface area contributed by atoms with Gasteiger partial charge in [0.25, 0.3) is 0 Å². The Morgan fingerprint density at radius 3 is 2.22 bits per heavy atom. The van der Waals surface area contributed by atoms with Crippen LogP contribution in [0.15, 0.2) is 24.3 Å². The third-order valence-electron chi connectivity index (χ3n) is 2.24. The van der Waals surface area contributed by atoms with E-state index in [1.165, 1.54) is 6.92 Å². The van der Waals surface area contributed by atoms with Gasteiger partial charge in [-0.05, 0) is 31.2 Å². The zero-order valence-electron chi connectivity index (χ0n) is 10.5. The van der Waals surface area contributed by atoms with Gasteiger partial charge in [-0.1, -0.05) is 0 Å². The number of hydrogen-bond donors (Lipinski definition) is 2. The highest BCUT2D eigenvalue weighted by Crippen LogP contribution is 2.15. The lowest BCUT2D eigenvalue weighted by molar-refractivity contribution is -0.119. The van der Waals surface area contributed by atoms with E-state index in [1.807, 2.05) is 31.1 Å². The summed E-state index contributed by atoms with van der Waals surface area (Å²) >= 11 is 5.53. The lowest BCUT2D eigenvalue weighted by Gasteiger charge is -2.13. The van der Waals surface area contributed by atoms with Crippen molar-refractivity contribution in [3.63, 3.8) is 0 Å². The Morgan fingerprint density at radius 2 is 1.78 bits per heavy atom. The average Bonchev–Trinajstić information content (AvgIpc) is 2.29. The molecule has 1 aromatic carbocycles. The number of rotatable bonds is 3. The number of nitrogens with zero attached hydrogens (tertiary/aromatic N) is 1. The highest BCUT2D eigenvalue weighted by atomic mass is 35.5. The number of benzene rings is 1. The number of nitrogens with one attached hydrogen (secondary N) is 2. The van der Waals surface area contributed by atoms with Crippen LogP contribution in [-0.2, 0) is 4.79 Å². The Labute approximate surface area is 111 Å². The fraction of sp³-hybridized carbons (Fsp3) is 0.333. The van der Waals surface area contributed by atoms with Gasteiger partial charge in [0.1, 0.15) is 5.38 Å². The molecule has 0 aliphatic heterocycles. The molecule has 0 aromatic heterocycles. The quantitative estimate of drug-likeness (QED) is 0.826. The van der Waals surface area contributed by atoms with E-state index in [0.717, 1.165) is 5.69 Å². The molecule has 0 fully saturated rings. The second-order valence-corrected chi connectivity index (χ2v) is 4.66. The van der Waals surface area contributed by atoms with Crippen LogP contribution in [0, 0.1) is 0 Å². The van der Waals surface area contributed by atoms with Gasteiger partial charge in [0.05, 0.1) is 0 Å². The van der Waals surface area contributed by atoms with Gasteiger partial charge in [-0.3, -0.25) is 10.1 Å². The summed E-state index contributed by atoms with van der Waals surface area (Å²) in [5.41, 5.74) is 1.62. The second kappa shape index (κ2) is 6.26. The first-order valence-corrected chi connectivity index (χ1v) is 5.87. The minimum Gasteiger partial charge on any atom is -0.378 e. The molecule has 0 saturated heterocycles. The van der Waals surface area contributed by atoms with E-state index < -0.39 is 17.3 Å². The minimum atomic E-state index is -0.744. The molecule has 1 atom stereocenters. The van der Waals surface area contributed by atoms with Gasteiger partial charge >= 0.3 is 6.03 Å². The van der Waals surface area contributed by atoms with Crippen molar-refractivity contribution in [3.8, 4) is 0 Å². The van der Waals surface area contributed by atoms with Gasteiger partial charge in [0.15, 0.2) is 0 Å². The Hall–Kier alpha value is -1.75. The van der Waals surface area contributed by atoms with Crippen molar-refractivity contribution in [2.24, 2.45) is 0 Å². The molecular formula is C12H16ClN3O2. The van der Waals surface area contributed by atoms with E-state index in [1.54, 1.807) is 12.1 Å². The van der Waals surface area contributed by atoms with Gasteiger partial charge in [0, 0.05) is 25.5 Å². The first-order chi connectivity index (χ1) is 8.40. The molecule has 18 heavy (non-hydrogen) atoms. The number of imide groups is 1. The monoisotopic (exact) mass is 269 g/mol. The van der Waals surface area contributed by atoms with Gasteiger partial charge < -0.3 is 10.2 Å². The van der Waals surface area contributed by atoms with Crippen LogP contribution in [0.25, 0.3) is 0 Å². The van der Waals surface area contributed by atoms with Crippen molar-refractivity contribution in [2.75, 3.05) is 24.3 Å². The number of anilines is 2. The summed E-state index contributed by atoms with van der Waals surface area (Å²) in [6.45, 7) is 1.50. The number of halogens is 1. The first kappa shape index (κ1) is 14.3. The number of hydrogen-bond acceptors (Lipinski definition) is 3. The maximum atomic E-state index is 11.4. The summed E-state index contributed by atoms with van der Waals surface area (Å²) in [4.78, 5) is 24.6. The molecule has 0 saturated carbocycles. The number of urea groups is 1. The third kappa shape index (κ3) is 4.25. The van der Waals surface area contributed by atoms with E-state index >= 15 is 0 Å². The minimum absolute atomic E-state index is 0.529. The van der Waals surface area contributed by atoms with Crippen LogP contribution in [0.1, 0.15) is 6.92 Å². The van der Waals surface area contributed by atoms with Crippen LogP contribution in [0.2, 0.25) is 0 Å². The summed E-state index contributed by atoms with van der Waals surface area (Å²) in [6.07, 6.45) is 0. The highest BCUT2D eigenvalue weighted by Gasteiger charge is 2.12. The van der Waals surface area contributed by atoms with E-state index in [0.29, 0.717) is 5.69 Å². The molecule has 1 unspecified atom stereocenters. The Bertz CT molecular complexity index is 429. The third-order valence-corrected chi connectivity index (χ3v) is 2.44. The summed E-state index contributed by atoms with van der Waals surface area (Å²) in [6, 6.07) is 6.64. The zero-order chi connectivity index (χ0) is 13.7. The molecule has 6 heteroatoms. The SMILES string of the molecule is CC(Cl)C(=O)NC(=O)Nc1ccc(N(C)C)cc1. The highest BCUT2D eigenvalue weighted by molar-refractivity contribution is 6.31. The summed E-state index contributed by atoms with van der Waals surface area (Å²) in [5, 5.41) is 3.94. The van der Waals surface area contributed by atoms with E-state index in [2.05, 4.69) is 10.6 Å². The molecule has 0 aliphatic carbocycles. The Morgan fingerprint density at radius 1 is 1.22 bits per heavy atom. The second-order valence-electron chi connectivity index (χ2n) is 4.00. The first-order valence-electron chi connectivity index (χ1n) is 5.43. The largest absolute Gasteiger partial charge is 0.378 e. The number of amides is 3. The maximum absolute atomic E-state index is 11.4. The fourth-order valence-electron chi connectivity index (χ4n) is 1.22. The van der Waals surface area contributed by atoms with Gasteiger partial charge in [-0.15, -0.1) is 11.6 Å². The molecule has 98 valence electrons. The number of carbonyl (C=O) groups excluding carboxylic acids is 2. The van der Waals surface area contributed by atoms with Crippen molar-refractivity contribution in [2.45, 2.75) is 12.3 Å². The molecule has 3 amide bonds. The number of carbonyl (C=O) groups is 2. The van der Waals surface area contributed by atoms with Crippen LogP contribution >= 0.6 is 11.6 Å². The summed E-state index contributed by atoms with van der Waals surface area (Å²) in [5.74, 6) is -0.529. The van der Waals surface area contributed by atoms with E-state index in [-0.39, 0.29) is 0 Å². The van der Waals surface area contributed by atoms with Crippen molar-refractivity contribution >= 4 is 34.9 Å². The fourth-order valence-corrected chi connectivity index (χ4v) is 1.27. The summed E-state index contributed by atoms with van der Waals surface area (Å²) in [7, 11) is 3.85. The maximum Gasteiger partial charge on any atom is 0.325 e. The number of alkyl halides is 1. The molecule has 0 radical (unpaired) electrons. The lowest BCUT2D eigenvalue weighted by atomic mass is 10.2. The van der Waals surface area contributed by atoms with Crippen LogP contribution in [-0.4, -0.2) is 31.4 Å². The van der Waals surface area contributed by atoms with E-state index in [4.69, 9.17) is 11.6 Å². The molecule has 5 nitrogen and oxygen atoms in total. The molecule has 0 bridgehead atoms. The van der Waals surface area contributed by atoms with Crippen molar-refractivity contribution in [1.82, 2.24) is 5.32 Å². The molecule has 0 heterocycles. The Kier molecular flexibility index (Phi) is 4.97. The standard InChI is InChI=1S/C12H16ClN3O2/c1-8(13)11(17)15-12(18)14-9-4-6-10(7-5-9)16(2)3/h4-8H,1-3H3,(H2,14,15,17,18). The molecule has 1 aromatic rings. The molecule has 0 aliphatic rings. The van der Waals surface area contributed by atoms with Crippen molar-refractivity contribution < 1.29 is 9.59 Å². The van der Waals surface area contributed by atoms with Crippen LogP contribution < -0.4 is 15.5 Å². The predicted molar refractivity (Wildman–Crippen MR) is 73.2 cm³/mol. The van der Waals surface area contributed by atoms with Gasteiger partial charge in [0.2, 0.25) is 5.91 Å². The lowest BCUT2D eigenvalue weighted by Crippen LogP contribution is -2.38. The van der Waals surface area contributed by atoms with Crippen molar-refractivity contribution in [1.29, 1.82) is 0 Å². The van der Waals surface area contributed by atoms with Crippen LogP contribution in [0.3, 0.4) is 0 Å². The normalized spacial score (nSPS) is 11.6. The van der Waals surface area contributed by atoms with Gasteiger partial charge in [-0.25, -0.2) is 4.79 Å².